The summed E-state index contributed by atoms with van der Waals surface area (Å²) in [6.07, 6.45) is 2.77. The summed E-state index contributed by atoms with van der Waals surface area (Å²) >= 11 is 0. The van der Waals surface area contributed by atoms with E-state index < -0.39 is 12.6 Å². The molecule has 0 radical (unpaired) electrons. The molecule has 0 unspecified atom stereocenters. The summed E-state index contributed by atoms with van der Waals surface area (Å²) in [5, 5.41) is 4.98. The molecule has 2 rings (SSSR count). The van der Waals surface area contributed by atoms with Crippen LogP contribution in [0.4, 0.5) is 25.0 Å². The summed E-state index contributed by atoms with van der Waals surface area (Å²) in [5.41, 5.74) is 0.651. The summed E-state index contributed by atoms with van der Waals surface area (Å²) in [7, 11) is 0. The molecule has 2 aromatic rings. The minimum absolute atomic E-state index is 0.0535. The van der Waals surface area contributed by atoms with E-state index >= 15 is 0 Å². The molecule has 0 saturated heterocycles. The van der Waals surface area contributed by atoms with Gasteiger partial charge in [-0.15, -0.1) is 0 Å². The van der Waals surface area contributed by atoms with Crippen LogP contribution in [-0.2, 0) is 0 Å². The molecule has 23 heavy (non-hydrogen) atoms. The van der Waals surface area contributed by atoms with Gasteiger partial charge in [-0.3, -0.25) is 0 Å². The lowest BCUT2D eigenvalue weighted by Crippen LogP contribution is -2.19. The molecule has 2 amide bonds. The highest BCUT2D eigenvalue weighted by Crippen LogP contribution is 2.19. The summed E-state index contributed by atoms with van der Waals surface area (Å²) < 4.78 is 33.6. The number of carbonyl (C=O) groups excluding carboxylic acids is 1. The number of alkyl halides is 2. The van der Waals surface area contributed by atoms with Gasteiger partial charge in [0.1, 0.15) is 5.75 Å². The van der Waals surface area contributed by atoms with Gasteiger partial charge in [0.2, 0.25) is 0 Å². The van der Waals surface area contributed by atoms with Crippen LogP contribution in [0.2, 0.25) is 0 Å². The van der Waals surface area contributed by atoms with Crippen molar-refractivity contribution in [2.45, 2.75) is 13.5 Å². The Balaban J connectivity index is 1.93. The van der Waals surface area contributed by atoms with Gasteiger partial charge >= 0.3 is 18.7 Å². The SMILES string of the molecule is CCOc1ncc(NC(=O)Nc2cccc(OC(F)F)c2)cn1. The average Bonchev–Trinajstić information content (AvgIpc) is 2.49. The van der Waals surface area contributed by atoms with E-state index in [2.05, 4.69) is 25.3 Å². The van der Waals surface area contributed by atoms with Crippen LogP contribution in [0.1, 0.15) is 6.92 Å². The number of urea groups is 1. The number of ether oxygens (including phenoxy) is 2. The third-order valence-electron chi connectivity index (χ3n) is 2.48. The van der Waals surface area contributed by atoms with Crippen LogP contribution < -0.4 is 20.1 Å². The highest BCUT2D eigenvalue weighted by molar-refractivity contribution is 5.99. The van der Waals surface area contributed by atoms with E-state index in [1.165, 1.54) is 36.7 Å². The smallest absolute Gasteiger partial charge is 0.387 e. The number of carbonyl (C=O) groups is 1. The van der Waals surface area contributed by atoms with Crippen LogP contribution in [-0.4, -0.2) is 29.2 Å². The molecule has 0 bridgehead atoms. The van der Waals surface area contributed by atoms with E-state index in [0.717, 1.165) is 0 Å². The molecular formula is C14H14F2N4O3. The molecular weight excluding hydrogens is 310 g/mol. The Hall–Kier alpha value is -2.97. The van der Waals surface area contributed by atoms with Crippen molar-refractivity contribution in [1.82, 2.24) is 9.97 Å². The summed E-state index contributed by atoms with van der Waals surface area (Å²) in [4.78, 5) is 19.6. The van der Waals surface area contributed by atoms with Gasteiger partial charge in [-0.25, -0.2) is 14.8 Å². The largest absolute Gasteiger partial charge is 0.464 e. The number of nitrogens with one attached hydrogen (secondary N) is 2. The fourth-order valence-corrected chi connectivity index (χ4v) is 1.63. The van der Waals surface area contributed by atoms with Crippen molar-refractivity contribution in [2.24, 2.45) is 0 Å². The number of anilines is 2. The van der Waals surface area contributed by atoms with E-state index in [0.29, 0.717) is 18.0 Å². The monoisotopic (exact) mass is 324 g/mol. The number of rotatable bonds is 6. The Morgan fingerprint density at radius 2 is 1.91 bits per heavy atom. The lowest BCUT2D eigenvalue weighted by Gasteiger charge is -2.09. The van der Waals surface area contributed by atoms with Gasteiger partial charge in [0.15, 0.2) is 0 Å². The van der Waals surface area contributed by atoms with Gasteiger partial charge in [-0.05, 0) is 19.1 Å². The first-order valence-electron chi connectivity index (χ1n) is 6.64. The second-order valence-electron chi connectivity index (χ2n) is 4.17. The summed E-state index contributed by atoms with van der Waals surface area (Å²) in [6, 6.07) is 5.28. The van der Waals surface area contributed by atoms with E-state index in [1.807, 2.05) is 0 Å². The van der Waals surface area contributed by atoms with Crippen molar-refractivity contribution in [1.29, 1.82) is 0 Å². The van der Waals surface area contributed by atoms with Crippen molar-refractivity contribution in [3.63, 3.8) is 0 Å². The highest BCUT2D eigenvalue weighted by Gasteiger charge is 2.07. The lowest BCUT2D eigenvalue weighted by atomic mass is 10.3. The van der Waals surface area contributed by atoms with Gasteiger partial charge in [0, 0.05) is 11.8 Å². The Morgan fingerprint density at radius 1 is 1.22 bits per heavy atom. The van der Waals surface area contributed by atoms with Gasteiger partial charge in [0.05, 0.1) is 24.7 Å². The van der Waals surface area contributed by atoms with Crippen molar-refractivity contribution in [3.05, 3.63) is 36.7 Å². The lowest BCUT2D eigenvalue weighted by molar-refractivity contribution is -0.0497. The number of benzene rings is 1. The van der Waals surface area contributed by atoms with Gasteiger partial charge in [-0.1, -0.05) is 6.07 Å². The molecule has 0 aliphatic heterocycles. The fraction of sp³-hybridized carbons (Fsp3) is 0.214. The molecule has 0 aliphatic carbocycles. The molecule has 1 heterocycles. The van der Waals surface area contributed by atoms with Crippen LogP contribution in [0.5, 0.6) is 11.8 Å². The van der Waals surface area contributed by atoms with Crippen LogP contribution in [0, 0.1) is 0 Å². The summed E-state index contributed by atoms with van der Waals surface area (Å²) in [5.74, 6) is -0.0535. The minimum Gasteiger partial charge on any atom is -0.464 e. The maximum Gasteiger partial charge on any atom is 0.387 e. The maximum atomic E-state index is 12.1. The Kier molecular flexibility index (Phi) is 5.61. The van der Waals surface area contributed by atoms with Crippen LogP contribution in [0.25, 0.3) is 0 Å². The van der Waals surface area contributed by atoms with E-state index in [1.54, 1.807) is 6.92 Å². The zero-order chi connectivity index (χ0) is 16.7. The molecule has 0 spiro atoms. The van der Waals surface area contributed by atoms with Crippen molar-refractivity contribution >= 4 is 17.4 Å². The average molecular weight is 324 g/mol. The minimum atomic E-state index is -2.93. The molecule has 0 atom stereocenters. The third kappa shape index (κ3) is 5.38. The van der Waals surface area contributed by atoms with Crippen molar-refractivity contribution < 1.29 is 23.0 Å². The predicted molar refractivity (Wildman–Crippen MR) is 78.9 cm³/mol. The molecule has 1 aromatic heterocycles. The topological polar surface area (TPSA) is 85.4 Å². The molecule has 9 heteroatoms. The third-order valence-corrected chi connectivity index (χ3v) is 2.48. The fourth-order valence-electron chi connectivity index (χ4n) is 1.63. The van der Waals surface area contributed by atoms with E-state index in [4.69, 9.17) is 4.74 Å². The Labute approximate surface area is 130 Å². The van der Waals surface area contributed by atoms with Gasteiger partial charge < -0.3 is 20.1 Å². The number of aromatic nitrogens is 2. The second kappa shape index (κ2) is 7.87. The number of halogens is 2. The zero-order valence-corrected chi connectivity index (χ0v) is 12.1. The van der Waals surface area contributed by atoms with Gasteiger partial charge in [0.25, 0.3) is 0 Å². The number of amides is 2. The summed E-state index contributed by atoms with van der Waals surface area (Å²) in [6.45, 7) is -0.695. The highest BCUT2D eigenvalue weighted by atomic mass is 19.3. The van der Waals surface area contributed by atoms with Crippen molar-refractivity contribution in [2.75, 3.05) is 17.2 Å². The molecule has 1 aromatic carbocycles. The number of nitrogens with zero attached hydrogens (tertiary/aromatic N) is 2. The molecule has 2 N–H and O–H groups in total. The Bertz CT molecular complexity index is 653. The van der Waals surface area contributed by atoms with Crippen LogP contribution >= 0.6 is 0 Å². The number of hydrogen-bond donors (Lipinski definition) is 2. The Morgan fingerprint density at radius 3 is 2.57 bits per heavy atom. The molecule has 0 fully saturated rings. The second-order valence-corrected chi connectivity index (χ2v) is 4.17. The van der Waals surface area contributed by atoms with Crippen molar-refractivity contribution in [3.8, 4) is 11.8 Å². The maximum absolute atomic E-state index is 12.1. The van der Waals surface area contributed by atoms with E-state index in [9.17, 15) is 13.6 Å². The predicted octanol–water partition coefficient (Wildman–Crippen LogP) is 3.12. The zero-order valence-electron chi connectivity index (χ0n) is 12.1. The first kappa shape index (κ1) is 16.4. The van der Waals surface area contributed by atoms with Crippen LogP contribution in [0.15, 0.2) is 36.7 Å². The van der Waals surface area contributed by atoms with E-state index in [-0.39, 0.29) is 11.8 Å². The quantitative estimate of drug-likeness (QED) is 0.853. The van der Waals surface area contributed by atoms with Gasteiger partial charge in [-0.2, -0.15) is 8.78 Å². The molecule has 0 saturated carbocycles. The molecule has 122 valence electrons. The standard InChI is InChI=1S/C14H14F2N4O3/c1-2-22-14-17-7-10(8-18-14)20-13(21)19-9-4-3-5-11(6-9)23-12(15)16/h3-8,12H,2H2,1H3,(H2,19,20,21). The number of hydrogen-bond acceptors (Lipinski definition) is 5. The normalized spacial score (nSPS) is 10.3. The molecule has 0 aliphatic rings. The van der Waals surface area contributed by atoms with Crippen LogP contribution in [0.3, 0.4) is 0 Å². The molecule has 7 nitrogen and oxygen atoms in total. The first-order chi connectivity index (χ1) is 11.1. The first-order valence-corrected chi connectivity index (χ1v) is 6.64.